The fourth-order valence-corrected chi connectivity index (χ4v) is 4.60. The van der Waals surface area contributed by atoms with Gasteiger partial charge in [0, 0.05) is 44.1 Å². The van der Waals surface area contributed by atoms with Crippen molar-refractivity contribution in [3.8, 4) is 0 Å². The zero-order valence-corrected chi connectivity index (χ0v) is 20.7. The van der Waals surface area contributed by atoms with Crippen LogP contribution < -0.4 is 5.32 Å². The van der Waals surface area contributed by atoms with Crippen molar-refractivity contribution in [2.75, 3.05) is 20.3 Å². The monoisotopic (exact) mass is 544 g/mol. The number of nitrogens with one attached hydrogen (secondary N) is 1. The summed E-state index contributed by atoms with van der Waals surface area (Å²) in [6.45, 7) is -0.143. The number of hydrogen-bond acceptors (Lipinski definition) is 13. The molecule has 2 aliphatic heterocycles. The van der Waals surface area contributed by atoms with Gasteiger partial charge in [0.05, 0.1) is 24.2 Å². The highest BCUT2D eigenvalue weighted by Crippen LogP contribution is 2.33. The van der Waals surface area contributed by atoms with Gasteiger partial charge in [0.1, 0.15) is 36.6 Å². The molecule has 1 aromatic rings. The number of aliphatic hydroxyl groups is 5. The first-order valence-electron chi connectivity index (χ1n) is 11.8. The van der Waals surface area contributed by atoms with E-state index in [1.165, 1.54) is 26.2 Å². The number of nitro groups is 1. The van der Waals surface area contributed by atoms with Crippen molar-refractivity contribution < 1.29 is 59.0 Å². The number of benzene rings is 1. The van der Waals surface area contributed by atoms with Gasteiger partial charge in [-0.3, -0.25) is 19.7 Å². The molecule has 15 nitrogen and oxygen atoms in total. The maximum atomic E-state index is 12.9. The van der Waals surface area contributed by atoms with Gasteiger partial charge >= 0.3 is 0 Å². The first-order valence-corrected chi connectivity index (χ1v) is 11.8. The Hall–Kier alpha value is -2.60. The highest BCUT2D eigenvalue weighted by molar-refractivity contribution is 5.96. The quantitative estimate of drug-likeness (QED) is 0.105. The number of nitro benzene ring substituents is 1. The molecule has 0 saturated carbocycles. The average Bonchev–Trinajstić information content (AvgIpc) is 2.89. The van der Waals surface area contributed by atoms with Gasteiger partial charge in [-0.1, -0.05) is 0 Å². The molecule has 10 atom stereocenters. The third-order valence-electron chi connectivity index (χ3n) is 6.59. The molecule has 2 fully saturated rings. The van der Waals surface area contributed by atoms with Gasteiger partial charge in [-0.25, -0.2) is 0 Å². The van der Waals surface area contributed by atoms with Crippen molar-refractivity contribution >= 4 is 17.4 Å². The van der Waals surface area contributed by atoms with Gasteiger partial charge in [0.25, 0.3) is 5.69 Å². The number of methoxy groups -OCH3 is 1. The van der Waals surface area contributed by atoms with Crippen molar-refractivity contribution in [1.82, 2.24) is 5.32 Å². The van der Waals surface area contributed by atoms with Gasteiger partial charge < -0.3 is 49.8 Å². The molecule has 0 spiro atoms. The van der Waals surface area contributed by atoms with Crippen molar-refractivity contribution in [2.24, 2.45) is 5.92 Å². The predicted octanol–water partition coefficient (Wildman–Crippen LogP) is -2.16. The second kappa shape index (κ2) is 13.0. The molecule has 6 N–H and O–H groups in total. The number of non-ortho nitro benzene ring substituents is 1. The number of carbonyl (C=O) groups is 2. The van der Waals surface area contributed by atoms with E-state index in [2.05, 4.69) is 5.32 Å². The Morgan fingerprint density at radius 3 is 2.13 bits per heavy atom. The van der Waals surface area contributed by atoms with E-state index in [1.54, 1.807) is 0 Å². The van der Waals surface area contributed by atoms with E-state index in [1.807, 2.05) is 0 Å². The van der Waals surface area contributed by atoms with Gasteiger partial charge in [-0.05, 0) is 12.1 Å². The van der Waals surface area contributed by atoms with Crippen LogP contribution in [0.4, 0.5) is 5.69 Å². The van der Waals surface area contributed by atoms with Gasteiger partial charge in [-0.15, -0.1) is 0 Å². The third-order valence-corrected chi connectivity index (χ3v) is 6.59. The lowest BCUT2D eigenvalue weighted by Gasteiger charge is -2.47. The Labute approximate surface area is 217 Å². The standard InChI is InChI=1S/C23H32N2O13/c1-10(28)24-17-20(32)21(16(9-27)37-22(17)35-2)38-23-19(31)13(18(30)15(8-26)36-23)7-14(29)11-3-5-12(6-4-11)25(33)34/h3-6,13,15-23,26-27,30-32H,7-9H2,1-2H3,(H,24,28)/t13-,15?,16?,17?,18+,19?,20+,21+,22+,23-/m0/s1. The number of ketones is 1. The Morgan fingerprint density at radius 1 is 1.00 bits per heavy atom. The molecule has 1 amide bonds. The smallest absolute Gasteiger partial charge is 0.269 e. The summed E-state index contributed by atoms with van der Waals surface area (Å²) in [5.41, 5.74) is -0.124. The first kappa shape index (κ1) is 29.9. The SMILES string of the molecule is CO[C@@H]1OC(CO)[C@@H](O[C@@H]2OC(CO)[C@H](O)[C@H](CC(=O)c3ccc([N+](=O)[O-])cc3)C2O)[C@H](O)C1NC(C)=O. The number of amides is 1. The van der Waals surface area contributed by atoms with Crippen molar-refractivity contribution in [3.63, 3.8) is 0 Å². The highest BCUT2D eigenvalue weighted by atomic mass is 16.7. The van der Waals surface area contributed by atoms with E-state index in [0.717, 1.165) is 12.1 Å². The Balaban J connectivity index is 1.80. The van der Waals surface area contributed by atoms with E-state index in [9.17, 15) is 45.2 Å². The number of rotatable bonds is 10. The molecule has 38 heavy (non-hydrogen) atoms. The van der Waals surface area contributed by atoms with Gasteiger partial charge in [-0.2, -0.15) is 0 Å². The summed E-state index contributed by atoms with van der Waals surface area (Å²) >= 11 is 0. The maximum absolute atomic E-state index is 12.9. The van der Waals surface area contributed by atoms with Crippen LogP contribution in [-0.2, 0) is 23.7 Å². The maximum Gasteiger partial charge on any atom is 0.269 e. The predicted molar refractivity (Wildman–Crippen MR) is 125 cm³/mol. The van der Waals surface area contributed by atoms with Crippen LogP contribution in [0.1, 0.15) is 23.7 Å². The molecule has 2 saturated heterocycles. The van der Waals surface area contributed by atoms with E-state index >= 15 is 0 Å². The van der Waals surface area contributed by atoms with E-state index in [4.69, 9.17) is 18.9 Å². The summed E-state index contributed by atoms with van der Waals surface area (Å²) < 4.78 is 22.0. The summed E-state index contributed by atoms with van der Waals surface area (Å²) in [5.74, 6) is -2.27. The molecule has 0 aliphatic carbocycles. The normalized spacial score (nSPS) is 35.4. The number of ether oxygens (including phenoxy) is 4. The van der Waals surface area contributed by atoms with Crippen molar-refractivity contribution in [3.05, 3.63) is 39.9 Å². The minimum atomic E-state index is -1.65. The lowest BCUT2D eigenvalue weighted by Crippen LogP contribution is -2.67. The Kier molecular flexibility index (Phi) is 10.2. The molecular formula is C23H32N2O13. The average molecular weight is 545 g/mol. The zero-order valence-electron chi connectivity index (χ0n) is 20.7. The van der Waals surface area contributed by atoms with Crippen LogP contribution in [0.15, 0.2) is 24.3 Å². The fraction of sp³-hybridized carbons (Fsp3) is 0.652. The van der Waals surface area contributed by atoms with Crippen LogP contribution in [0.3, 0.4) is 0 Å². The Bertz CT molecular complexity index is 977. The lowest BCUT2D eigenvalue weighted by atomic mass is 9.83. The minimum Gasteiger partial charge on any atom is -0.394 e. The summed E-state index contributed by atoms with van der Waals surface area (Å²) in [5, 5.41) is 65.5. The van der Waals surface area contributed by atoms with E-state index < -0.39 is 97.4 Å². The molecule has 0 bridgehead atoms. The molecule has 212 valence electrons. The van der Waals surface area contributed by atoms with E-state index in [-0.39, 0.29) is 11.3 Å². The molecule has 15 heteroatoms. The van der Waals surface area contributed by atoms with Crippen LogP contribution in [0.5, 0.6) is 0 Å². The number of hydrogen-bond donors (Lipinski definition) is 6. The zero-order chi connectivity index (χ0) is 28.1. The van der Waals surface area contributed by atoms with Crippen LogP contribution in [0.25, 0.3) is 0 Å². The largest absolute Gasteiger partial charge is 0.394 e. The molecule has 2 heterocycles. The van der Waals surface area contributed by atoms with E-state index in [0.29, 0.717) is 0 Å². The van der Waals surface area contributed by atoms with Crippen LogP contribution >= 0.6 is 0 Å². The van der Waals surface area contributed by atoms with Crippen LogP contribution in [0, 0.1) is 16.0 Å². The molecule has 2 aliphatic rings. The summed E-state index contributed by atoms with van der Waals surface area (Å²) in [4.78, 5) is 34.7. The van der Waals surface area contributed by atoms with Crippen LogP contribution in [-0.4, -0.2) is 118 Å². The number of nitrogens with zero attached hydrogens (tertiary/aromatic N) is 1. The summed E-state index contributed by atoms with van der Waals surface area (Å²) in [7, 11) is 1.27. The number of aliphatic hydroxyl groups excluding tert-OH is 5. The van der Waals surface area contributed by atoms with Crippen molar-refractivity contribution in [2.45, 2.75) is 68.6 Å². The molecule has 3 rings (SSSR count). The third kappa shape index (κ3) is 6.51. The number of carbonyl (C=O) groups excluding carboxylic acids is 2. The molecular weight excluding hydrogens is 512 g/mol. The van der Waals surface area contributed by atoms with Gasteiger partial charge in [0.15, 0.2) is 18.4 Å². The molecule has 0 aromatic heterocycles. The van der Waals surface area contributed by atoms with Crippen molar-refractivity contribution in [1.29, 1.82) is 0 Å². The second-order valence-electron chi connectivity index (χ2n) is 9.08. The van der Waals surface area contributed by atoms with Crippen LogP contribution in [0.2, 0.25) is 0 Å². The van der Waals surface area contributed by atoms with Gasteiger partial charge in [0.2, 0.25) is 5.91 Å². The molecule has 1 aromatic carbocycles. The summed E-state index contributed by atoms with van der Waals surface area (Å²) in [6.07, 6.45) is -11.7. The topological polar surface area (TPSA) is 227 Å². The number of Topliss-reactive ketones (excluding diaryl/α,β-unsaturated/α-hetero) is 1. The molecule has 4 unspecified atom stereocenters. The second-order valence-corrected chi connectivity index (χ2v) is 9.08. The fourth-order valence-electron chi connectivity index (χ4n) is 4.60. The highest BCUT2D eigenvalue weighted by Gasteiger charge is 2.51. The Morgan fingerprint density at radius 2 is 1.61 bits per heavy atom. The lowest BCUT2D eigenvalue weighted by molar-refractivity contribution is -0.384. The first-order chi connectivity index (χ1) is 18.0. The summed E-state index contributed by atoms with van der Waals surface area (Å²) in [6, 6.07) is 3.65. The minimum absolute atomic E-state index is 0.0970. The molecule has 0 radical (unpaired) electrons.